The molecule has 3 aromatic rings. The number of nitrogens with one attached hydrogen (secondary N) is 1. The van der Waals surface area contributed by atoms with Gasteiger partial charge in [0.05, 0.1) is 16.3 Å². The zero-order valence-electron chi connectivity index (χ0n) is 15.8. The molecule has 28 heavy (non-hydrogen) atoms. The highest BCUT2D eigenvalue weighted by Gasteiger charge is 2.18. The van der Waals surface area contributed by atoms with Gasteiger partial charge in [0.25, 0.3) is 5.91 Å². The molecule has 6 heteroatoms. The Morgan fingerprint density at radius 2 is 1.82 bits per heavy atom. The number of aryl methyl sites for hydroxylation is 1. The number of fused-ring (bicyclic) bond motifs is 1. The lowest BCUT2D eigenvalue weighted by Crippen LogP contribution is -2.35. The molecule has 144 valence electrons. The summed E-state index contributed by atoms with van der Waals surface area (Å²) < 4.78 is 5.24. The highest BCUT2D eigenvalue weighted by molar-refractivity contribution is 7.99. The van der Waals surface area contributed by atoms with Crippen LogP contribution in [-0.2, 0) is 20.9 Å². The molecule has 0 bridgehead atoms. The molecule has 0 saturated carbocycles. The molecule has 1 atom stereocenters. The molecular formula is C22H22N2O3S. The van der Waals surface area contributed by atoms with Gasteiger partial charge in [-0.1, -0.05) is 60.3 Å². The number of aromatic nitrogens is 1. The van der Waals surface area contributed by atoms with E-state index >= 15 is 0 Å². The van der Waals surface area contributed by atoms with E-state index in [-0.39, 0.29) is 11.7 Å². The van der Waals surface area contributed by atoms with Gasteiger partial charge >= 0.3 is 5.97 Å². The van der Waals surface area contributed by atoms with Crippen LogP contribution in [0, 0.1) is 6.92 Å². The van der Waals surface area contributed by atoms with Crippen LogP contribution in [0.2, 0.25) is 0 Å². The molecule has 0 radical (unpaired) electrons. The van der Waals surface area contributed by atoms with E-state index in [4.69, 9.17) is 4.74 Å². The first-order chi connectivity index (χ1) is 13.5. The molecule has 0 aliphatic rings. The van der Waals surface area contributed by atoms with Gasteiger partial charge in [-0.2, -0.15) is 0 Å². The minimum atomic E-state index is -0.844. The van der Waals surface area contributed by atoms with Gasteiger partial charge in [0.1, 0.15) is 0 Å². The third-order valence-corrected chi connectivity index (χ3v) is 5.11. The lowest BCUT2D eigenvalue weighted by molar-refractivity contribution is -0.152. The van der Waals surface area contributed by atoms with Crippen LogP contribution in [0.4, 0.5) is 0 Å². The van der Waals surface area contributed by atoms with Gasteiger partial charge in [-0.25, -0.2) is 4.98 Å². The van der Waals surface area contributed by atoms with Crippen molar-refractivity contribution in [3.63, 3.8) is 0 Å². The summed E-state index contributed by atoms with van der Waals surface area (Å²) in [4.78, 5) is 28.8. The maximum atomic E-state index is 12.1. The third kappa shape index (κ3) is 5.33. The largest absolute Gasteiger partial charge is 0.452 e. The fourth-order valence-electron chi connectivity index (χ4n) is 2.74. The predicted molar refractivity (Wildman–Crippen MR) is 111 cm³/mol. The van der Waals surface area contributed by atoms with Crippen LogP contribution < -0.4 is 5.32 Å². The highest BCUT2D eigenvalue weighted by Crippen LogP contribution is 2.23. The second-order valence-corrected chi connectivity index (χ2v) is 7.41. The smallest absolute Gasteiger partial charge is 0.317 e. The van der Waals surface area contributed by atoms with Gasteiger partial charge in [-0.15, -0.1) is 0 Å². The zero-order valence-corrected chi connectivity index (χ0v) is 16.7. The Morgan fingerprint density at radius 3 is 2.61 bits per heavy atom. The fourth-order valence-corrected chi connectivity index (χ4v) is 3.50. The number of nitrogens with zero attached hydrogens (tertiary/aromatic N) is 1. The van der Waals surface area contributed by atoms with Crippen LogP contribution in [0.3, 0.4) is 0 Å². The molecule has 1 heterocycles. The molecule has 0 aliphatic carbocycles. The van der Waals surface area contributed by atoms with Gasteiger partial charge in [0.15, 0.2) is 6.10 Å². The second-order valence-electron chi connectivity index (χ2n) is 6.42. The average Bonchev–Trinajstić information content (AvgIpc) is 2.71. The first-order valence-electron chi connectivity index (χ1n) is 9.03. The minimum absolute atomic E-state index is 0.0983. The fraction of sp³-hybridized carbons (Fsp3) is 0.227. The summed E-state index contributed by atoms with van der Waals surface area (Å²) in [5.74, 6) is -0.664. The van der Waals surface area contributed by atoms with E-state index in [0.29, 0.717) is 6.54 Å². The van der Waals surface area contributed by atoms with Gasteiger partial charge in [0, 0.05) is 11.9 Å². The summed E-state index contributed by atoms with van der Waals surface area (Å²) in [7, 11) is 0. The first kappa shape index (κ1) is 19.9. The van der Waals surface area contributed by atoms with Gasteiger partial charge < -0.3 is 10.1 Å². The zero-order chi connectivity index (χ0) is 19.9. The highest BCUT2D eigenvalue weighted by atomic mass is 32.2. The Hall–Kier alpha value is -2.86. The molecule has 1 amide bonds. The molecule has 0 fully saturated rings. The number of carbonyl (C=O) groups is 2. The van der Waals surface area contributed by atoms with Crippen molar-refractivity contribution in [3.8, 4) is 0 Å². The maximum Gasteiger partial charge on any atom is 0.317 e. The van der Waals surface area contributed by atoms with Crippen molar-refractivity contribution in [1.82, 2.24) is 10.3 Å². The number of benzene rings is 2. The molecule has 3 rings (SSSR count). The normalized spacial score (nSPS) is 11.8. The Bertz CT molecular complexity index is 976. The third-order valence-electron chi connectivity index (χ3n) is 4.22. The van der Waals surface area contributed by atoms with Crippen LogP contribution >= 0.6 is 11.8 Å². The molecule has 0 saturated heterocycles. The van der Waals surface area contributed by atoms with Crippen LogP contribution in [0.1, 0.15) is 18.1 Å². The van der Waals surface area contributed by atoms with Crippen molar-refractivity contribution in [2.45, 2.75) is 31.5 Å². The van der Waals surface area contributed by atoms with Gasteiger partial charge in [0.2, 0.25) is 0 Å². The van der Waals surface area contributed by atoms with E-state index in [1.54, 1.807) is 6.92 Å². The predicted octanol–water partition coefficient (Wildman–Crippen LogP) is 3.88. The van der Waals surface area contributed by atoms with E-state index in [1.807, 2.05) is 67.6 Å². The van der Waals surface area contributed by atoms with Crippen molar-refractivity contribution >= 4 is 34.5 Å². The van der Waals surface area contributed by atoms with Crippen molar-refractivity contribution in [2.75, 3.05) is 5.75 Å². The van der Waals surface area contributed by atoms with Crippen LogP contribution in [0.25, 0.3) is 10.9 Å². The SMILES string of the molecule is Cc1cc(SCC(=O)O[C@@H](C)C(=O)NCc2ccccc2)nc2ccccc12. The Balaban J connectivity index is 1.49. The number of hydrogen-bond acceptors (Lipinski definition) is 5. The lowest BCUT2D eigenvalue weighted by Gasteiger charge is -2.13. The standard InChI is InChI=1S/C22H22N2O3S/c1-15-12-20(24-19-11-7-6-10-18(15)19)28-14-21(25)27-16(2)22(26)23-13-17-8-4-3-5-9-17/h3-12,16H,13-14H2,1-2H3,(H,23,26)/t16-/m0/s1. The van der Waals surface area contributed by atoms with Crippen LogP contribution in [-0.4, -0.2) is 28.7 Å². The number of thioether (sulfide) groups is 1. The number of para-hydroxylation sites is 1. The van der Waals surface area contributed by atoms with Crippen molar-refractivity contribution < 1.29 is 14.3 Å². The summed E-state index contributed by atoms with van der Waals surface area (Å²) in [6, 6.07) is 19.4. The van der Waals surface area contributed by atoms with Crippen molar-refractivity contribution in [1.29, 1.82) is 0 Å². The molecule has 0 unspecified atom stereocenters. The Labute approximate surface area is 168 Å². The summed E-state index contributed by atoms with van der Waals surface area (Å²) in [6.07, 6.45) is -0.844. The topological polar surface area (TPSA) is 68.3 Å². The van der Waals surface area contributed by atoms with Crippen molar-refractivity contribution in [3.05, 3.63) is 71.8 Å². The van der Waals surface area contributed by atoms with Gasteiger partial charge in [-0.05, 0) is 37.1 Å². The van der Waals surface area contributed by atoms with E-state index < -0.39 is 12.1 Å². The van der Waals surface area contributed by atoms with Gasteiger partial charge in [-0.3, -0.25) is 9.59 Å². The quantitative estimate of drug-likeness (QED) is 0.486. The molecular weight excluding hydrogens is 372 g/mol. The molecule has 2 aromatic carbocycles. The molecule has 1 aromatic heterocycles. The summed E-state index contributed by atoms with van der Waals surface area (Å²) in [6.45, 7) is 3.99. The first-order valence-corrected chi connectivity index (χ1v) is 10.0. The number of amides is 1. The Kier molecular flexibility index (Phi) is 6.66. The van der Waals surface area contributed by atoms with E-state index in [9.17, 15) is 9.59 Å². The number of esters is 1. The summed E-state index contributed by atoms with van der Waals surface area (Å²) in [5.41, 5.74) is 2.99. The summed E-state index contributed by atoms with van der Waals surface area (Å²) >= 11 is 1.30. The molecule has 1 N–H and O–H groups in total. The van der Waals surface area contributed by atoms with E-state index in [1.165, 1.54) is 11.8 Å². The minimum Gasteiger partial charge on any atom is -0.452 e. The van der Waals surface area contributed by atoms with E-state index in [2.05, 4.69) is 10.3 Å². The number of ether oxygens (including phenoxy) is 1. The van der Waals surface area contributed by atoms with E-state index in [0.717, 1.165) is 27.1 Å². The number of hydrogen-bond donors (Lipinski definition) is 1. The molecule has 0 spiro atoms. The maximum absolute atomic E-state index is 12.1. The summed E-state index contributed by atoms with van der Waals surface area (Å²) in [5, 5.41) is 4.62. The Morgan fingerprint density at radius 1 is 1.11 bits per heavy atom. The number of carbonyl (C=O) groups excluding carboxylic acids is 2. The van der Waals surface area contributed by atoms with Crippen LogP contribution in [0.15, 0.2) is 65.7 Å². The second kappa shape index (κ2) is 9.37. The number of pyridine rings is 1. The lowest BCUT2D eigenvalue weighted by atomic mass is 10.1. The average molecular weight is 394 g/mol. The monoisotopic (exact) mass is 394 g/mol. The van der Waals surface area contributed by atoms with Crippen LogP contribution in [0.5, 0.6) is 0 Å². The number of rotatable bonds is 7. The van der Waals surface area contributed by atoms with Crippen molar-refractivity contribution in [2.24, 2.45) is 0 Å². The molecule has 5 nitrogen and oxygen atoms in total. The molecule has 0 aliphatic heterocycles.